The van der Waals surface area contributed by atoms with Crippen LogP contribution >= 0.6 is 11.8 Å². The first-order valence-electron chi connectivity index (χ1n) is 2.67. The van der Waals surface area contributed by atoms with Crippen LogP contribution in [0.4, 0.5) is 0 Å². The first kappa shape index (κ1) is 8.50. The number of hydrogen-bond acceptors (Lipinski definition) is 2. The quantitative estimate of drug-likeness (QED) is 0.563. The molecule has 2 heteroatoms. The highest BCUT2D eigenvalue weighted by molar-refractivity contribution is 8.06. The maximum atomic E-state index is 10.6. The van der Waals surface area contributed by atoms with E-state index in [0.717, 1.165) is 4.91 Å². The van der Waals surface area contributed by atoms with Crippen LogP contribution in [-0.2, 0) is 4.79 Å². The smallest absolute Gasteiger partial charge is 0.166 e. The Labute approximate surface area is 59.8 Å². The highest BCUT2D eigenvalue weighted by Crippen LogP contribution is 2.15. The van der Waals surface area contributed by atoms with Gasteiger partial charge < -0.3 is 0 Å². The summed E-state index contributed by atoms with van der Waals surface area (Å²) in [6.07, 6.45) is 1.79. The van der Waals surface area contributed by atoms with E-state index in [1.165, 1.54) is 11.8 Å². The van der Waals surface area contributed by atoms with E-state index in [1.807, 2.05) is 6.92 Å². The summed E-state index contributed by atoms with van der Waals surface area (Å²) in [5.74, 6) is 0.0994. The van der Waals surface area contributed by atoms with Gasteiger partial charge in [-0.2, -0.15) is 0 Å². The molecule has 0 N–H and O–H groups in total. The Bertz CT molecular complexity index is 147. The molecule has 50 valence electrons. The van der Waals surface area contributed by atoms with Gasteiger partial charge in [0.05, 0.1) is 4.91 Å². The molecule has 0 heterocycles. The molecule has 0 aromatic rings. The van der Waals surface area contributed by atoms with Gasteiger partial charge in [-0.1, -0.05) is 24.4 Å². The lowest BCUT2D eigenvalue weighted by Crippen LogP contribution is -1.88. The average Bonchev–Trinajstić information content (AvgIpc) is 1.82. The van der Waals surface area contributed by atoms with Gasteiger partial charge in [-0.3, -0.25) is 4.79 Å². The molecule has 0 aromatic carbocycles. The molecular weight excluding hydrogens is 132 g/mol. The van der Waals surface area contributed by atoms with Crippen molar-refractivity contribution in [3.05, 3.63) is 23.0 Å². The minimum Gasteiger partial charge on any atom is -0.294 e. The highest BCUT2D eigenvalue weighted by atomic mass is 32.2. The van der Waals surface area contributed by atoms with E-state index < -0.39 is 0 Å². The topological polar surface area (TPSA) is 17.1 Å². The summed E-state index contributed by atoms with van der Waals surface area (Å²) in [6.45, 7) is 6.89. The molecule has 0 amide bonds. The van der Waals surface area contributed by atoms with Gasteiger partial charge in [0, 0.05) is 0 Å². The summed E-state index contributed by atoms with van der Waals surface area (Å²) >= 11 is 1.36. The minimum atomic E-state index is 0.0994. The van der Waals surface area contributed by atoms with Crippen molar-refractivity contribution in [1.82, 2.24) is 0 Å². The molecule has 0 unspecified atom stereocenters. The molecule has 0 aliphatic heterocycles. The van der Waals surface area contributed by atoms with Crippen LogP contribution < -0.4 is 0 Å². The second kappa shape index (κ2) is 4.39. The number of rotatable bonds is 3. The Morgan fingerprint density at radius 2 is 2.22 bits per heavy atom. The summed E-state index contributed by atoms with van der Waals surface area (Å²) in [7, 11) is 0. The van der Waals surface area contributed by atoms with Gasteiger partial charge >= 0.3 is 0 Å². The van der Waals surface area contributed by atoms with Gasteiger partial charge in [-0.05, 0) is 19.3 Å². The van der Waals surface area contributed by atoms with E-state index >= 15 is 0 Å². The Morgan fingerprint density at radius 1 is 1.67 bits per heavy atom. The van der Waals surface area contributed by atoms with Crippen molar-refractivity contribution in [3.8, 4) is 0 Å². The lowest BCUT2D eigenvalue weighted by Gasteiger charge is -1.93. The van der Waals surface area contributed by atoms with Crippen LogP contribution in [0, 0.1) is 0 Å². The van der Waals surface area contributed by atoms with Gasteiger partial charge in [0.25, 0.3) is 0 Å². The van der Waals surface area contributed by atoms with E-state index in [0.29, 0.717) is 0 Å². The Hall–Kier alpha value is -0.500. The summed E-state index contributed by atoms with van der Waals surface area (Å²) in [5.41, 5.74) is 0. The van der Waals surface area contributed by atoms with E-state index in [4.69, 9.17) is 0 Å². The molecule has 0 bridgehead atoms. The molecule has 0 aliphatic rings. The number of allylic oxidation sites excluding steroid dienone is 2. The molecular formula is C7H10OS. The fourth-order valence-electron chi connectivity index (χ4n) is 0.444. The maximum Gasteiger partial charge on any atom is 0.166 e. The molecule has 0 fully saturated rings. The number of ketones is 1. The molecule has 0 saturated heterocycles. The van der Waals surface area contributed by atoms with E-state index in [9.17, 15) is 4.79 Å². The van der Waals surface area contributed by atoms with Crippen molar-refractivity contribution in [2.45, 2.75) is 13.8 Å². The van der Waals surface area contributed by atoms with Crippen molar-refractivity contribution in [1.29, 1.82) is 0 Å². The largest absolute Gasteiger partial charge is 0.294 e. The van der Waals surface area contributed by atoms with E-state index in [2.05, 4.69) is 6.58 Å². The Kier molecular flexibility index (Phi) is 4.14. The number of thioether (sulfide) groups is 1. The molecule has 0 rings (SSSR count). The first-order valence-corrected chi connectivity index (χ1v) is 3.55. The van der Waals surface area contributed by atoms with Crippen molar-refractivity contribution < 1.29 is 4.79 Å². The summed E-state index contributed by atoms with van der Waals surface area (Å²) in [4.78, 5) is 11.4. The predicted molar refractivity (Wildman–Crippen MR) is 42.2 cm³/mol. The third-order valence-corrected chi connectivity index (χ3v) is 1.76. The highest BCUT2D eigenvalue weighted by Gasteiger charge is 1.97. The van der Waals surface area contributed by atoms with E-state index in [-0.39, 0.29) is 5.78 Å². The third-order valence-electron chi connectivity index (χ3n) is 0.819. The third kappa shape index (κ3) is 3.14. The maximum absolute atomic E-state index is 10.6. The SMILES string of the molecule is C=CS/C(=C\C)C(C)=O. The zero-order chi connectivity index (χ0) is 7.28. The number of carbonyl (C=O) groups is 1. The summed E-state index contributed by atoms with van der Waals surface area (Å²) in [5, 5.41) is 1.65. The van der Waals surface area contributed by atoms with Gasteiger partial charge in [-0.25, -0.2) is 0 Å². The predicted octanol–water partition coefficient (Wildman–Crippen LogP) is 2.36. The zero-order valence-electron chi connectivity index (χ0n) is 5.68. The first-order chi connectivity index (χ1) is 4.22. The minimum absolute atomic E-state index is 0.0994. The number of carbonyl (C=O) groups excluding carboxylic acids is 1. The van der Waals surface area contributed by atoms with Crippen molar-refractivity contribution in [2.75, 3.05) is 0 Å². The molecule has 9 heavy (non-hydrogen) atoms. The average molecular weight is 142 g/mol. The molecule has 0 saturated carbocycles. The standard InChI is InChI=1S/C7H10OS/c1-4-7(6(3)8)9-5-2/h4-5H,2H2,1,3H3/b7-4-. The van der Waals surface area contributed by atoms with Crippen molar-refractivity contribution >= 4 is 17.5 Å². The Balaban J connectivity index is 4.00. The normalized spacial score (nSPS) is 11.1. The van der Waals surface area contributed by atoms with Crippen molar-refractivity contribution in [2.24, 2.45) is 0 Å². The molecule has 0 aromatic heterocycles. The van der Waals surface area contributed by atoms with Gasteiger partial charge in [0.2, 0.25) is 0 Å². The van der Waals surface area contributed by atoms with Crippen LogP contribution in [0.2, 0.25) is 0 Å². The monoisotopic (exact) mass is 142 g/mol. The summed E-state index contributed by atoms with van der Waals surface area (Å²) < 4.78 is 0. The van der Waals surface area contributed by atoms with Crippen LogP contribution in [0.25, 0.3) is 0 Å². The van der Waals surface area contributed by atoms with Crippen LogP contribution in [0.5, 0.6) is 0 Å². The zero-order valence-corrected chi connectivity index (χ0v) is 6.49. The fraction of sp³-hybridized carbons (Fsp3) is 0.286. The van der Waals surface area contributed by atoms with E-state index in [1.54, 1.807) is 18.4 Å². The van der Waals surface area contributed by atoms with Crippen molar-refractivity contribution in [3.63, 3.8) is 0 Å². The lowest BCUT2D eigenvalue weighted by molar-refractivity contribution is -0.112. The molecule has 0 spiro atoms. The summed E-state index contributed by atoms with van der Waals surface area (Å²) in [6, 6.07) is 0. The van der Waals surface area contributed by atoms with Gasteiger partial charge in [-0.15, -0.1) is 0 Å². The van der Waals surface area contributed by atoms with Gasteiger partial charge in [0.1, 0.15) is 0 Å². The molecule has 0 atom stereocenters. The number of Topliss-reactive ketones (excluding diaryl/α,β-unsaturated/α-hetero) is 1. The van der Waals surface area contributed by atoms with Gasteiger partial charge in [0.15, 0.2) is 5.78 Å². The second-order valence-electron chi connectivity index (χ2n) is 1.49. The van der Waals surface area contributed by atoms with Crippen LogP contribution in [0.3, 0.4) is 0 Å². The number of hydrogen-bond donors (Lipinski definition) is 0. The molecule has 1 nitrogen and oxygen atoms in total. The molecule has 0 radical (unpaired) electrons. The van der Waals surface area contributed by atoms with Crippen LogP contribution in [0.1, 0.15) is 13.8 Å². The molecule has 0 aliphatic carbocycles. The lowest BCUT2D eigenvalue weighted by atomic mass is 10.4. The Morgan fingerprint density at radius 3 is 2.33 bits per heavy atom. The van der Waals surface area contributed by atoms with Crippen LogP contribution in [-0.4, -0.2) is 5.78 Å². The fourth-order valence-corrected chi connectivity index (χ4v) is 0.926. The second-order valence-corrected chi connectivity index (χ2v) is 2.50. The van der Waals surface area contributed by atoms with Crippen LogP contribution in [0.15, 0.2) is 23.0 Å².